The fraction of sp³-hybridized carbons (Fsp3) is 0.0741. The van der Waals surface area contributed by atoms with Crippen LogP contribution in [0.3, 0.4) is 0 Å². The van der Waals surface area contributed by atoms with Crippen LogP contribution in [0.5, 0.6) is 11.5 Å². The third kappa shape index (κ3) is 4.15. The van der Waals surface area contributed by atoms with Gasteiger partial charge in [0.2, 0.25) is 0 Å². The van der Waals surface area contributed by atoms with Crippen molar-refractivity contribution in [3.05, 3.63) is 114 Å². The Balaban J connectivity index is 1.60. The second-order valence-corrected chi connectivity index (χ2v) is 7.54. The molecule has 0 spiro atoms. The molecule has 1 N–H and O–H groups in total. The van der Waals surface area contributed by atoms with Gasteiger partial charge in [-0.2, -0.15) is 8.78 Å². The lowest BCUT2D eigenvalue weighted by atomic mass is 9.88. The van der Waals surface area contributed by atoms with Gasteiger partial charge >= 0.3 is 6.61 Å². The van der Waals surface area contributed by atoms with E-state index in [-0.39, 0.29) is 11.7 Å². The van der Waals surface area contributed by atoms with Crippen molar-refractivity contribution >= 4 is 11.6 Å². The molecule has 0 saturated carbocycles. The van der Waals surface area contributed by atoms with Crippen LogP contribution in [-0.2, 0) is 0 Å². The average molecular weight is 443 g/mol. The van der Waals surface area contributed by atoms with Crippen molar-refractivity contribution in [3.8, 4) is 22.6 Å². The molecule has 4 aromatic rings. The standard InChI is InChI=1S/C27H19F2NO3/c28-27(29)33-23-13-7-12-22-24(23)20-15-14-19(30-26(31)18-10-5-2-6-11-18)16-21(20)25(32-22)17-8-3-1-4-9-17/h1-16,25,27H,(H,30,31). The summed E-state index contributed by atoms with van der Waals surface area (Å²) in [5.41, 5.74) is 3.91. The van der Waals surface area contributed by atoms with Gasteiger partial charge in [0.1, 0.15) is 17.6 Å². The highest BCUT2D eigenvalue weighted by Crippen LogP contribution is 2.49. The lowest BCUT2D eigenvalue weighted by Crippen LogP contribution is -2.18. The maximum absolute atomic E-state index is 13.1. The quantitative estimate of drug-likeness (QED) is 0.374. The van der Waals surface area contributed by atoms with Crippen LogP contribution in [0.15, 0.2) is 97.1 Å². The van der Waals surface area contributed by atoms with Crippen LogP contribution in [0, 0.1) is 0 Å². The van der Waals surface area contributed by atoms with Crippen molar-refractivity contribution in [2.75, 3.05) is 5.32 Å². The van der Waals surface area contributed by atoms with Crippen LogP contribution >= 0.6 is 0 Å². The number of carbonyl (C=O) groups excluding carboxylic acids is 1. The zero-order valence-electron chi connectivity index (χ0n) is 17.4. The van der Waals surface area contributed by atoms with E-state index in [1.54, 1.807) is 48.5 Å². The minimum Gasteiger partial charge on any atom is -0.480 e. The number of anilines is 1. The van der Waals surface area contributed by atoms with E-state index in [9.17, 15) is 13.6 Å². The van der Waals surface area contributed by atoms with Crippen LogP contribution in [-0.4, -0.2) is 12.5 Å². The van der Waals surface area contributed by atoms with Gasteiger partial charge in [0.25, 0.3) is 5.91 Å². The third-order valence-electron chi connectivity index (χ3n) is 5.45. The smallest absolute Gasteiger partial charge is 0.387 e. The number of hydrogen-bond donors (Lipinski definition) is 1. The molecule has 1 amide bonds. The number of benzene rings is 4. The first kappa shape index (κ1) is 20.7. The fourth-order valence-corrected chi connectivity index (χ4v) is 4.01. The first-order valence-electron chi connectivity index (χ1n) is 10.4. The van der Waals surface area contributed by atoms with Gasteiger partial charge in [-0.15, -0.1) is 0 Å². The van der Waals surface area contributed by atoms with Crippen molar-refractivity contribution < 1.29 is 23.0 Å². The van der Waals surface area contributed by atoms with Crippen LogP contribution < -0.4 is 14.8 Å². The largest absolute Gasteiger partial charge is 0.480 e. The average Bonchev–Trinajstić information content (AvgIpc) is 2.84. The number of amides is 1. The fourth-order valence-electron chi connectivity index (χ4n) is 4.01. The highest BCUT2D eigenvalue weighted by atomic mass is 19.3. The van der Waals surface area contributed by atoms with Crippen LogP contribution in [0.2, 0.25) is 0 Å². The molecule has 6 heteroatoms. The van der Waals surface area contributed by atoms with Crippen molar-refractivity contribution in [1.82, 2.24) is 0 Å². The maximum Gasteiger partial charge on any atom is 0.387 e. The van der Waals surface area contributed by atoms with E-state index in [1.807, 2.05) is 42.5 Å². The number of nitrogens with one attached hydrogen (secondary N) is 1. The summed E-state index contributed by atoms with van der Waals surface area (Å²) in [6.07, 6.45) is -0.482. The van der Waals surface area contributed by atoms with E-state index < -0.39 is 12.7 Å². The van der Waals surface area contributed by atoms with Gasteiger partial charge in [-0.05, 0) is 47.5 Å². The Kier molecular flexibility index (Phi) is 5.48. The lowest BCUT2D eigenvalue weighted by molar-refractivity contribution is -0.0496. The topological polar surface area (TPSA) is 47.6 Å². The molecule has 0 fully saturated rings. The number of halogens is 2. The van der Waals surface area contributed by atoms with Gasteiger partial charge in [0, 0.05) is 16.8 Å². The Bertz CT molecular complexity index is 1290. The summed E-state index contributed by atoms with van der Waals surface area (Å²) in [5.74, 6) is 0.248. The van der Waals surface area contributed by atoms with Crippen LogP contribution in [0.1, 0.15) is 27.6 Å². The third-order valence-corrected chi connectivity index (χ3v) is 5.45. The summed E-state index contributed by atoms with van der Waals surface area (Å²) in [4.78, 5) is 12.7. The molecule has 0 radical (unpaired) electrons. The summed E-state index contributed by atoms with van der Waals surface area (Å²) in [5, 5.41) is 2.91. The number of fused-ring (bicyclic) bond motifs is 3. The molecular weight excluding hydrogens is 424 g/mol. The summed E-state index contributed by atoms with van der Waals surface area (Å²) in [6, 6.07) is 28.7. The number of carbonyl (C=O) groups is 1. The van der Waals surface area contributed by atoms with E-state index in [2.05, 4.69) is 5.32 Å². The van der Waals surface area contributed by atoms with E-state index in [4.69, 9.17) is 9.47 Å². The molecule has 164 valence electrons. The predicted molar refractivity (Wildman–Crippen MR) is 122 cm³/mol. The Morgan fingerprint density at radius 2 is 1.61 bits per heavy atom. The van der Waals surface area contributed by atoms with Crippen molar-refractivity contribution in [1.29, 1.82) is 0 Å². The Hall–Kier alpha value is -4.19. The molecule has 33 heavy (non-hydrogen) atoms. The van der Waals surface area contributed by atoms with Crippen molar-refractivity contribution in [2.24, 2.45) is 0 Å². The highest BCUT2D eigenvalue weighted by molar-refractivity contribution is 6.04. The molecular formula is C27H19F2NO3. The van der Waals surface area contributed by atoms with Gasteiger partial charge in [0.15, 0.2) is 0 Å². The van der Waals surface area contributed by atoms with E-state index in [1.165, 1.54) is 6.07 Å². The number of rotatable bonds is 5. The predicted octanol–water partition coefficient (Wildman–Crippen LogP) is 6.69. The molecule has 1 aliphatic rings. The number of hydrogen-bond acceptors (Lipinski definition) is 3. The molecule has 4 nitrogen and oxygen atoms in total. The maximum atomic E-state index is 13.1. The van der Waals surface area contributed by atoms with Gasteiger partial charge in [-0.1, -0.05) is 60.7 Å². The Labute approximate surface area is 189 Å². The summed E-state index contributed by atoms with van der Waals surface area (Å²) in [7, 11) is 0. The second kappa shape index (κ2) is 8.74. The van der Waals surface area contributed by atoms with E-state index in [0.717, 1.165) is 11.1 Å². The van der Waals surface area contributed by atoms with E-state index >= 15 is 0 Å². The minimum atomic E-state index is -2.96. The highest BCUT2D eigenvalue weighted by Gasteiger charge is 2.30. The van der Waals surface area contributed by atoms with Crippen LogP contribution in [0.25, 0.3) is 11.1 Å². The van der Waals surface area contributed by atoms with Gasteiger partial charge in [-0.3, -0.25) is 4.79 Å². The first-order valence-corrected chi connectivity index (χ1v) is 10.4. The Morgan fingerprint density at radius 3 is 2.33 bits per heavy atom. The number of ether oxygens (including phenoxy) is 2. The van der Waals surface area contributed by atoms with Crippen LogP contribution in [0.4, 0.5) is 14.5 Å². The molecule has 1 aliphatic heterocycles. The van der Waals surface area contributed by atoms with Gasteiger partial charge in [0.05, 0.1) is 5.56 Å². The second-order valence-electron chi connectivity index (χ2n) is 7.54. The molecule has 0 bridgehead atoms. The monoisotopic (exact) mass is 443 g/mol. The zero-order valence-corrected chi connectivity index (χ0v) is 17.4. The molecule has 4 aromatic carbocycles. The SMILES string of the molecule is O=C(Nc1ccc2c(c1)C(c1ccccc1)Oc1cccc(OC(F)F)c1-2)c1ccccc1. The summed E-state index contributed by atoms with van der Waals surface area (Å²) < 4.78 is 37.2. The minimum absolute atomic E-state index is 0.0383. The molecule has 1 unspecified atom stereocenters. The molecule has 0 aromatic heterocycles. The van der Waals surface area contributed by atoms with Gasteiger partial charge in [-0.25, -0.2) is 0 Å². The normalized spacial score (nSPS) is 14.1. The molecule has 1 atom stereocenters. The molecule has 0 saturated heterocycles. The van der Waals surface area contributed by atoms with Crippen molar-refractivity contribution in [2.45, 2.75) is 12.7 Å². The summed E-state index contributed by atoms with van der Waals surface area (Å²) >= 11 is 0. The van der Waals surface area contributed by atoms with Gasteiger partial charge < -0.3 is 14.8 Å². The molecule has 5 rings (SSSR count). The molecule has 0 aliphatic carbocycles. The first-order chi connectivity index (χ1) is 16.1. The lowest BCUT2D eigenvalue weighted by Gasteiger charge is -2.30. The zero-order chi connectivity index (χ0) is 22.8. The number of alkyl halides is 2. The van der Waals surface area contributed by atoms with Crippen molar-refractivity contribution in [3.63, 3.8) is 0 Å². The molecule has 1 heterocycles. The summed E-state index contributed by atoms with van der Waals surface area (Å²) in [6.45, 7) is -2.96. The Morgan fingerprint density at radius 1 is 0.879 bits per heavy atom. The van der Waals surface area contributed by atoms with E-state index in [0.29, 0.717) is 28.1 Å².